The number of carbonyl (C=O) groups is 5. The number of hydrogen-bond donors (Lipinski definition) is 5. The van der Waals surface area contributed by atoms with Crippen LogP contribution in [0.15, 0.2) is 177 Å². The first-order valence-electron chi connectivity index (χ1n) is 45.8. The Morgan fingerprint density at radius 3 is 1.15 bits per heavy atom. The predicted octanol–water partition coefficient (Wildman–Crippen LogP) is 23.6. The van der Waals surface area contributed by atoms with Crippen molar-refractivity contribution in [3.05, 3.63) is 210 Å². The van der Waals surface area contributed by atoms with Crippen LogP contribution >= 0.6 is 0 Å². The van der Waals surface area contributed by atoms with Gasteiger partial charge in [0.2, 0.25) is 0 Å². The molecule has 6 N–H and O–H groups in total. The maximum Gasteiger partial charge on any atom is 0.412 e. The van der Waals surface area contributed by atoms with Crippen molar-refractivity contribution >= 4 is 53.2 Å². The Morgan fingerprint density at radius 1 is 0.423 bits per heavy atom. The number of nitrogens with one attached hydrogen (secondary N) is 3. The lowest BCUT2D eigenvalue weighted by Crippen LogP contribution is -2.49. The summed E-state index contributed by atoms with van der Waals surface area (Å²) in [6, 6.07) is 42.3. The van der Waals surface area contributed by atoms with Crippen molar-refractivity contribution in [3.8, 4) is 28.0 Å². The average molecular weight is 1790 g/mol. The molecule has 4 aromatic heterocycles. The standard InChI is InChI=1S/C26H33NO2.C25H32N2O2.C11H16N2O2.C10H14N2O3.C10H14N2O2.C10H21NO.C7H16O.C6H8N2/c1-26(2,3)15-12-19-13-16-27(17-14-19)25(28)29-18-24-22-10-6-4-8-20(22)21-9-5-7-11-23(21)24;1-25(2,3)12-13-26-14-16-27(17-15-26)24(28)29-18-23-21-10-6-4-8-19(21)20-9-5-7-11-22(20)23;1-8-7-12-6-5-9(8)13-10(14)15-11(2,3)4;1-10(2,3)15-9(14)12-7-4-5-11-6-8(7)13;1-10(2,3)14-9(13)12-8-4-6-11-7-5-8;1-10(2,3)4-5-11-6-8-12-9-7-11;1-7(2,3)5-6-8-4;1-5-4-8-3-2-6(5)7/h4-11,19,24H,12-18H2,1-3H3;4-11,23H,12-18H2,1-3H3;5-7H,1-4H3,(H,12,13,14);4-6,13H,1-3H3,(H,11,12,14);4-7H,1-3H3,(H,11,12,13);4-9H2,1-3H3;5-6H2,1-4H3;2-4H,1H3,(H2,7,8). The van der Waals surface area contributed by atoms with Crippen LogP contribution < -0.4 is 21.7 Å². The van der Waals surface area contributed by atoms with Crippen molar-refractivity contribution in [2.45, 2.75) is 233 Å². The van der Waals surface area contributed by atoms with Gasteiger partial charge < -0.3 is 53.8 Å². The molecular weight excluding hydrogens is 1640 g/mol. The van der Waals surface area contributed by atoms with Gasteiger partial charge in [-0.3, -0.25) is 45.7 Å². The minimum atomic E-state index is -0.607. The number of piperidine rings is 1. The van der Waals surface area contributed by atoms with E-state index < -0.39 is 35.1 Å². The van der Waals surface area contributed by atoms with E-state index >= 15 is 0 Å². The zero-order chi connectivity index (χ0) is 96.1. The highest BCUT2D eigenvalue weighted by atomic mass is 16.6. The van der Waals surface area contributed by atoms with Gasteiger partial charge in [0.15, 0.2) is 5.75 Å². The van der Waals surface area contributed by atoms with Gasteiger partial charge in [-0.1, -0.05) is 180 Å². The fraction of sp³-hybridized carbons (Fsp3) is 0.533. The highest BCUT2D eigenvalue weighted by Gasteiger charge is 2.34. The van der Waals surface area contributed by atoms with Crippen molar-refractivity contribution < 1.29 is 62.2 Å². The number of fused-ring (bicyclic) bond motifs is 6. The van der Waals surface area contributed by atoms with Gasteiger partial charge >= 0.3 is 30.5 Å². The largest absolute Gasteiger partial charge is 0.504 e. The number of likely N-dealkylation sites (tertiary alicyclic amines) is 1. The Labute approximate surface area is 776 Å². The lowest BCUT2D eigenvalue weighted by atomic mass is 9.83. The van der Waals surface area contributed by atoms with E-state index in [0.717, 1.165) is 126 Å². The van der Waals surface area contributed by atoms with E-state index in [1.807, 2.05) is 65.2 Å². The molecule has 8 aromatic rings. The molecule has 4 aromatic carbocycles. The number of benzene rings is 4. The summed E-state index contributed by atoms with van der Waals surface area (Å²) in [6.45, 7) is 60.4. The number of rotatable bonds is 15. The molecule has 0 unspecified atom stereocenters. The first-order chi connectivity index (χ1) is 61.0. The summed E-state index contributed by atoms with van der Waals surface area (Å²) in [4.78, 5) is 83.4. The second-order valence-electron chi connectivity index (χ2n) is 41.3. The number of piperazine rings is 1. The van der Waals surface area contributed by atoms with Crippen molar-refractivity contribution in [1.29, 1.82) is 0 Å². The number of aromatic nitrogens is 4. The zero-order valence-corrected chi connectivity index (χ0v) is 82.5. The van der Waals surface area contributed by atoms with Crippen LogP contribution in [0.2, 0.25) is 0 Å². The number of nitrogen functional groups attached to an aromatic ring is 1. The summed E-state index contributed by atoms with van der Waals surface area (Å²) < 4.78 is 37.0. The Kier molecular flexibility index (Phi) is 43.0. The van der Waals surface area contributed by atoms with E-state index in [4.69, 9.17) is 38.9 Å². The number of carbonyl (C=O) groups excluding carboxylic acids is 5. The van der Waals surface area contributed by atoms with Crippen molar-refractivity contribution in [2.24, 2.45) is 27.6 Å². The number of hydrogen-bond acceptors (Lipinski definition) is 20. The summed E-state index contributed by atoms with van der Waals surface area (Å²) in [6.07, 6.45) is 19.1. The number of methoxy groups -OCH3 is 1. The first-order valence-corrected chi connectivity index (χ1v) is 45.8. The highest BCUT2D eigenvalue weighted by molar-refractivity contribution is 5.87. The van der Waals surface area contributed by atoms with Gasteiger partial charge in [0.05, 0.1) is 25.1 Å². The topological polar surface area (TPSA) is 297 Å². The summed E-state index contributed by atoms with van der Waals surface area (Å²) in [5, 5.41) is 17.0. The van der Waals surface area contributed by atoms with E-state index in [1.165, 1.54) is 95.2 Å². The molecule has 13 rings (SSSR count). The van der Waals surface area contributed by atoms with Crippen molar-refractivity contribution in [3.63, 3.8) is 0 Å². The number of pyridine rings is 4. The van der Waals surface area contributed by atoms with Crippen LogP contribution in [0.3, 0.4) is 0 Å². The minimum absolute atomic E-state index is 0.0941. The summed E-state index contributed by atoms with van der Waals surface area (Å²) in [5.74, 6) is 0.908. The third kappa shape index (κ3) is 42.0. The van der Waals surface area contributed by atoms with Crippen molar-refractivity contribution in [2.75, 3.05) is 127 Å². The van der Waals surface area contributed by atoms with Gasteiger partial charge in [0, 0.05) is 138 Å². The molecule has 5 amide bonds. The molecule has 0 radical (unpaired) electrons. The van der Waals surface area contributed by atoms with Crippen LogP contribution in [-0.4, -0.2) is 198 Å². The molecule has 2 aliphatic carbocycles. The lowest BCUT2D eigenvalue weighted by molar-refractivity contribution is 0.0333. The number of nitrogens with zero attached hydrogens (tertiary/aromatic N) is 8. The summed E-state index contributed by atoms with van der Waals surface area (Å²) >= 11 is 0. The maximum absolute atomic E-state index is 12.7. The number of nitrogens with two attached hydrogens (primary N) is 1. The zero-order valence-electron chi connectivity index (χ0n) is 82.5. The van der Waals surface area contributed by atoms with E-state index in [1.54, 1.807) is 89.3 Å². The molecule has 3 aliphatic heterocycles. The third-order valence-corrected chi connectivity index (χ3v) is 21.5. The Bertz CT molecular complexity index is 4400. The molecule has 0 spiro atoms. The second-order valence-corrected chi connectivity index (χ2v) is 41.3. The quantitative estimate of drug-likeness (QED) is 0.0596. The smallest absolute Gasteiger partial charge is 0.412 e. The average Bonchev–Trinajstić information content (AvgIpc) is 1.62. The molecule has 0 atom stereocenters. The Hall–Kier alpha value is -10.7. The van der Waals surface area contributed by atoms with Crippen LogP contribution in [0.5, 0.6) is 5.75 Å². The number of aromatic hydroxyl groups is 1. The van der Waals surface area contributed by atoms with Crippen molar-refractivity contribution in [1.82, 2.24) is 39.5 Å². The fourth-order valence-corrected chi connectivity index (χ4v) is 14.1. The molecule has 25 heteroatoms. The summed E-state index contributed by atoms with van der Waals surface area (Å²) in [5.41, 5.74) is 20.1. The number of anilines is 4. The van der Waals surface area contributed by atoms with Crippen LogP contribution in [-0.2, 0) is 33.2 Å². The SMILES string of the molecule is CC(C)(C)CCC1CCN(C(=O)OCC2c3ccccc3-c3ccccc32)CC1.CC(C)(C)CCN1CCN(C(=O)OCC2c3ccccc3-c3ccccc32)CC1.CC(C)(C)CCN1CCOCC1.CC(C)(C)OC(=O)Nc1ccncc1.CC(C)(C)OC(=O)Nc1ccncc1O.COCCC(C)(C)C.Cc1cnccc1N.Cc1cnccc1NC(=O)OC(C)(C)C. The van der Waals surface area contributed by atoms with Gasteiger partial charge in [0.1, 0.15) is 30.0 Å². The van der Waals surface area contributed by atoms with E-state index in [2.05, 4.69) is 226 Å². The van der Waals surface area contributed by atoms with Gasteiger partial charge in [-0.2, -0.15) is 0 Å². The highest BCUT2D eigenvalue weighted by Crippen LogP contribution is 2.46. The van der Waals surface area contributed by atoms with Crippen LogP contribution in [0.4, 0.5) is 46.7 Å². The minimum Gasteiger partial charge on any atom is -0.504 e. The van der Waals surface area contributed by atoms with Crippen LogP contribution in [0, 0.1) is 41.4 Å². The van der Waals surface area contributed by atoms with E-state index in [-0.39, 0.29) is 35.5 Å². The maximum atomic E-state index is 12.7. The van der Waals surface area contributed by atoms with Crippen LogP contribution in [0.1, 0.15) is 236 Å². The number of ether oxygens (including phenoxy) is 7. The molecule has 3 saturated heterocycles. The third-order valence-electron chi connectivity index (χ3n) is 21.5. The van der Waals surface area contributed by atoms with Gasteiger partial charge in [-0.15, -0.1) is 0 Å². The number of aryl methyl sites for hydroxylation is 2. The molecule has 0 bridgehead atoms. The van der Waals surface area contributed by atoms with E-state index in [9.17, 15) is 29.1 Å². The monoisotopic (exact) mass is 1790 g/mol. The Morgan fingerprint density at radius 2 is 0.785 bits per heavy atom. The molecule has 0 saturated carbocycles. The molecular formula is C105H154N12O13. The molecule has 25 nitrogen and oxygen atoms in total. The Balaban J connectivity index is 0.000000239. The number of amides is 5. The molecule has 3 fully saturated rings. The van der Waals surface area contributed by atoms with Gasteiger partial charge in [-0.05, 0) is 248 Å². The molecule has 7 heterocycles. The van der Waals surface area contributed by atoms with E-state index in [0.29, 0.717) is 40.6 Å². The summed E-state index contributed by atoms with van der Waals surface area (Å²) in [7, 11) is 1.74. The molecule has 5 aliphatic rings. The van der Waals surface area contributed by atoms with Gasteiger partial charge in [-0.25, -0.2) is 24.0 Å². The normalized spacial score (nSPS) is 14.6. The van der Waals surface area contributed by atoms with Crippen LogP contribution in [0.25, 0.3) is 22.3 Å². The second kappa shape index (κ2) is 51.8. The number of morpholine rings is 1. The fourth-order valence-electron chi connectivity index (χ4n) is 14.1. The lowest BCUT2D eigenvalue weighted by Gasteiger charge is -2.35. The molecule has 712 valence electrons. The molecule has 130 heavy (non-hydrogen) atoms. The first kappa shape index (κ1) is 108. The predicted molar refractivity (Wildman–Crippen MR) is 525 cm³/mol. The van der Waals surface area contributed by atoms with Gasteiger partial charge in [0.25, 0.3) is 0 Å².